The highest BCUT2D eigenvalue weighted by molar-refractivity contribution is 6.04. The van der Waals surface area contributed by atoms with Crippen molar-refractivity contribution in [2.75, 3.05) is 7.11 Å². The van der Waals surface area contributed by atoms with Gasteiger partial charge in [-0.2, -0.15) is 0 Å². The van der Waals surface area contributed by atoms with Crippen molar-refractivity contribution in [1.82, 2.24) is 0 Å². The molecule has 1 aliphatic rings. The first-order chi connectivity index (χ1) is 9.28. The van der Waals surface area contributed by atoms with E-state index < -0.39 is 6.10 Å². The molecule has 0 fully saturated rings. The van der Waals surface area contributed by atoms with Crippen molar-refractivity contribution in [1.29, 1.82) is 0 Å². The molecule has 3 rings (SSSR count). The molecule has 2 aromatic carbocycles. The van der Waals surface area contributed by atoms with E-state index in [-0.39, 0.29) is 5.78 Å². The molecule has 3 nitrogen and oxygen atoms in total. The first-order valence-electron chi connectivity index (χ1n) is 6.21. The van der Waals surface area contributed by atoms with Gasteiger partial charge in [-0.25, -0.2) is 0 Å². The molecule has 1 aliphatic heterocycles. The molecule has 0 saturated carbocycles. The minimum Gasteiger partial charge on any atom is -0.497 e. The van der Waals surface area contributed by atoms with Gasteiger partial charge in [-0.1, -0.05) is 30.3 Å². The average Bonchev–Trinajstić information content (AvgIpc) is 2.76. The molecule has 0 spiro atoms. The maximum atomic E-state index is 12.2. The predicted octanol–water partition coefficient (Wildman–Crippen LogP) is 2.88. The van der Waals surface area contributed by atoms with Crippen LogP contribution in [0.4, 0.5) is 0 Å². The highest BCUT2D eigenvalue weighted by atomic mass is 16.5. The number of carbonyl (C=O) groups excluding carboxylic acids is 1. The van der Waals surface area contributed by atoms with E-state index in [1.807, 2.05) is 30.3 Å². The molecule has 0 unspecified atom stereocenters. The van der Waals surface area contributed by atoms with E-state index in [0.717, 1.165) is 5.56 Å². The lowest BCUT2D eigenvalue weighted by atomic mass is 10.0. The number of rotatable bonds is 3. The van der Waals surface area contributed by atoms with Gasteiger partial charge in [0.15, 0.2) is 6.10 Å². The lowest BCUT2D eigenvalue weighted by Gasteiger charge is -2.09. The second-order valence-electron chi connectivity index (χ2n) is 4.52. The Morgan fingerprint density at radius 3 is 2.68 bits per heavy atom. The topological polar surface area (TPSA) is 35.5 Å². The number of ether oxygens (including phenoxy) is 2. The fraction of sp³-hybridized carbons (Fsp3) is 0.188. The first-order valence-corrected chi connectivity index (χ1v) is 6.21. The highest BCUT2D eigenvalue weighted by Crippen LogP contribution is 2.33. The van der Waals surface area contributed by atoms with Crippen molar-refractivity contribution in [3.8, 4) is 11.5 Å². The van der Waals surface area contributed by atoms with Crippen LogP contribution < -0.4 is 9.47 Å². The molecule has 1 heterocycles. The lowest BCUT2D eigenvalue weighted by Crippen LogP contribution is -2.23. The predicted molar refractivity (Wildman–Crippen MR) is 71.9 cm³/mol. The van der Waals surface area contributed by atoms with Gasteiger partial charge < -0.3 is 9.47 Å². The molecule has 0 amide bonds. The van der Waals surface area contributed by atoms with Crippen LogP contribution in [-0.2, 0) is 6.42 Å². The Bertz CT molecular complexity index is 605. The van der Waals surface area contributed by atoms with E-state index in [0.29, 0.717) is 23.5 Å². The highest BCUT2D eigenvalue weighted by Gasteiger charge is 2.32. The van der Waals surface area contributed by atoms with Crippen molar-refractivity contribution < 1.29 is 14.3 Å². The van der Waals surface area contributed by atoms with Crippen molar-refractivity contribution >= 4 is 5.78 Å². The van der Waals surface area contributed by atoms with Gasteiger partial charge >= 0.3 is 0 Å². The number of Topliss-reactive ketones (excluding diaryl/α,β-unsaturated/α-hetero) is 1. The average molecular weight is 254 g/mol. The number of ketones is 1. The molecule has 19 heavy (non-hydrogen) atoms. The van der Waals surface area contributed by atoms with Crippen LogP contribution in [0.3, 0.4) is 0 Å². The quantitative estimate of drug-likeness (QED) is 0.844. The van der Waals surface area contributed by atoms with Crippen LogP contribution in [0.15, 0.2) is 48.5 Å². The normalized spacial score (nSPS) is 16.9. The van der Waals surface area contributed by atoms with E-state index in [4.69, 9.17) is 9.47 Å². The van der Waals surface area contributed by atoms with Gasteiger partial charge in [0, 0.05) is 12.5 Å². The minimum absolute atomic E-state index is 0.0431. The summed E-state index contributed by atoms with van der Waals surface area (Å²) in [5.41, 5.74) is 1.74. The molecule has 0 N–H and O–H groups in total. The smallest absolute Gasteiger partial charge is 0.207 e. The van der Waals surface area contributed by atoms with Crippen molar-refractivity contribution in [3.05, 3.63) is 59.7 Å². The van der Waals surface area contributed by atoms with E-state index in [2.05, 4.69) is 0 Å². The Morgan fingerprint density at radius 2 is 1.95 bits per heavy atom. The maximum Gasteiger partial charge on any atom is 0.207 e. The molecular weight excluding hydrogens is 240 g/mol. The van der Waals surface area contributed by atoms with Gasteiger partial charge in [0.2, 0.25) is 5.78 Å². The number of methoxy groups -OCH3 is 1. The van der Waals surface area contributed by atoms with Gasteiger partial charge in [0.1, 0.15) is 11.5 Å². The van der Waals surface area contributed by atoms with Gasteiger partial charge in [0.05, 0.1) is 12.7 Å². The van der Waals surface area contributed by atoms with E-state index in [1.165, 1.54) is 0 Å². The number of benzene rings is 2. The zero-order valence-corrected chi connectivity index (χ0v) is 10.6. The summed E-state index contributed by atoms with van der Waals surface area (Å²) < 4.78 is 10.9. The van der Waals surface area contributed by atoms with Crippen molar-refractivity contribution in [2.24, 2.45) is 0 Å². The van der Waals surface area contributed by atoms with Crippen molar-refractivity contribution in [3.63, 3.8) is 0 Å². The Labute approximate surface area is 111 Å². The summed E-state index contributed by atoms with van der Waals surface area (Å²) in [6.07, 6.45) is 0.168. The summed E-state index contributed by atoms with van der Waals surface area (Å²) in [7, 11) is 1.60. The van der Waals surface area contributed by atoms with Gasteiger partial charge in [0.25, 0.3) is 0 Å². The lowest BCUT2D eigenvalue weighted by molar-refractivity contribution is 0.0857. The summed E-state index contributed by atoms with van der Waals surface area (Å²) in [6.45, 7) is 0. The molecule has 0 radical (unpaired) electrons. The zero-order chi connectivity index (χ0) is 13.2. The molecule has 2 aromatic rings. The van der Waals surface area contributed by atoms with Crippen LogP contribution in [0.2, 0.25) is 0 Å². The van der Waals surface area contributed by atoms with Gasteiger partial charge in [-0.3, -0.25) is 4.79 Å². The Kier molecular flexibility index (Phi) is 2.95. The van der Waals surface area contributed by atoms with Crippen LogP contribution in [0.1, 0.15) is 15.9 Å². The first kappa shape index (κ1) is 11.8. The Hall–Kier alpha value is -2.29. The van der Waals surface area contributed by atoms with Crippen LogP contribution in [0.5, 0.6) is 11.5 Å². The summed E-state index contributed by atoms with van der Waals surface area (Å²) in [4.78, 5) is 12.2. The largest absolute Gasteiger partial charge is 0.497 e. The van der Waals surface area contributed by atoms with E-state index in [1.54, 1.807) is 25.3 Å². The summed E-state index contributed by atoms with van der Waals surface area (Å²) in [6, 6.07) is 15.2. The van der Waals surface area contributed by atoms with Crippen LogP contribution in [-0.4, -0.2) is 19.0 Å². The molecule has 0 saturated heterocycles. The standard InChI is InChI=1S/C16H14O3/c1-18-12-7-8-13-14(10-12)19-15(16(13)17)9-11-5-3-2-4-6-11/h2-8,10,15H,9H2,1H3/t15-/m1/s1. The summed E-state index contributed by atoms with van der Waals surface area (Å²) in [5, 5.41) is 0. The fourth-order valence-electron chi connectivity index (χ4n) is 2.27. The van der Waals surface area contributed by atoms with Crippen LogP contribution >= 0.6 is 0 Å². The minimum atomic E-state index is -0.426. The summed E-state index contributed by atoms with van der Waals surface area (Å²) >= 11 is 0. The molecule has 96 valence electrons. The Balaban J connectivity index is 1.83. The number of hydrogen-bond acceptors (Lipinski definition) is 3. The molecule has 0 aliphatic carbocycles. The van der Waals surface area contributed by atoms with Crippen LogP contribution in [0, 0.1) is 0 Å². The monoisotopic (exact) mass is 254 g/mol. The number of carbonyl (C=O) groups is 1. The second kappa shape index (κ2) is 4.76. The molecular formula is C16H14O3. The second-order valence-corrected chi connectivity index (χ2v) is 4.52. The van der Waals surface area contributed by atoms with Crippen molar-refractivity contribution in [2.45, 2.75) is 12.5 Å². The molecule has 3 heteroatoms. The van der Waals surface area contributed by atoms with Gasteiger partial charge in [-0.15, -0.1) is 0 Å². The maximum absolute atomic E-state index is 12.2. The van der Waals surface area contributed by atoms with E-state index in [9.17, 15) is 4.79 Å². The SMILES string of the molecule is COc1ccc2c(c1)O[C@H](Cc1ccccc1)C2=O. The van der Waals surface area contributed by atoms with Crippen LogP contribution in [0.25, 0.3) is 0 Å². The van der Waals surface area contributed by atoms with E-state index >= 15 is 0 Å². The molecule has 0 aromatic heterocycles. The van der Waals surface area contributed by atoms with Gasteiger partial charge in [-0.05, 0) is 17.7 Å². The molecule has 1 atom stereocenters. The fourth-order valence-corrected chi connectivity index (χ4v) is 2.27. The third-order valence-corrected chi connectivity index (χ3v) is 3.28. The Morgan fingerprint density at radius 1 is 1.16 bits per heavy atom. The number of fused-ring (bicyclic) bond motifs is 1. The zero-order valence-electron chi connectivity index (χ0n) is 10.6. The molecule has 0 bridgehead atoms. The third-order valence-electron chi connectivity index (χ3n) is 3.28. The summed E-state index contributed by atoms with van der Waals surface area (Å²) in [5.74, 6) is 1.36. The number of hydrogen-bond donors (Lipinski definition) is 0. The third kappa shape index (κ3) is 2.19.